The molecule has 12 nitrogen and oxygen atoms in total. The molecular formula is C20H29N5O7SSi. The summed E-state index contributed by atoms with van der Waals surface area (Å²) in [7, 11) is -6.42. The van der Waals surface area contributed by atoms with Gasteiger partial charge in [0.1, 0.15) is 24.8 Å². The number of aromatic nitrogens is 4. The highest BCUT2D eigenvalue weighted by Gasteiger charge is 2.44. The second-order valence-corrected chi connectivity index (χ2v) is 15.9. The third-order valence-corrected chi connectivity index (χ3v) is 11.9. The van der Waals surface area contributed by atoms with Crippen LogP contribution in [0, 0.1) is 11.3 Å². The zero-order valence-electron chi connectivity index (χ0n) is 19.7. The molecule has 1 aliphatic rings. The Balaban J connectivity index is 1.91. The topological polar surface area (TPSA) is 158 Å². The molecule has 0 aromatic carbocycles. The van der Waals surface area contributed by atoms with E-state index in [0.717, 1.165) is 14.9 Å². The van der Waals surface area contributed by atoms with Crippen molar-refractivity contribution in [1.82, 2.24) is 18.5 Å². The lowest BCUT2D eigenvalue weighted by Crippen LogP contribution is -2.44. The SMILES string of the molecule is CC(C)(C)[Si](C)(C)OC[C@H]1O[C@@H](n2cc(CC#N)c(=O)[nH]c2=O)C[C@@H]1OS(=O)(=O)n1ccnc1. The highest BCUT2D eigenvalue weighted by Crippen LogP contribution is 2.38. The van der Waals surface area contributed by atoms with Crippen LogP contribution in [-0.2, 0) is 30.1 Å². The van der Waals surface area contributed by atoms with Crippen molar-refractivity contribution in [2.75, 3.05) is 6.61 Å². The van der Waals surface area contributed by atoms with Crippen molar-refractivity contribution in [3.05, 3.63) is 51.3 Å². The Bertz CT molecular complexity index is 1270. The van der Waals surface area contributed by atoms with Gasteiger partial charge in [0.2, 0.25) is 0 Å². The van der Waals surface area contributed by atoms with Crippen LogP contribution in [0.5, 0.6) is 0 Å². The second-order valence-electron chi connectivity index (χ2n) is 9.58. The maximum Gasteiger partial charge on any atom is 0.367 e. The summed E-state index contributed by atoms with van der Waals surface area (Å²) in [4.78, 5) is 30.3. The Labute approximate surface area is 198 Å². The molecule has 0 aliphatic carbocycles. The number of ether oxygens (including phenoxy) is 1. The molecule has 0 spiro atoms. The van der Waals surface area contributed by atoms with Gasteiger partial charge in [-0.25, -0.2) is 17.9 Å². The number of hydrogen-bond acceptors (Lipinski definition) is 9. The summed E-state index contributed by atoms with van der Waals surface area (Å²) in [5.74, 6) is 0. The van der Waals surface area contributed by atoms with Gasteiger partial charge in [-0.15, -0.1) is 0 Å². The zero-order valence-corrected chi connectivity index (χ0v) is 21.5. The van der Waals surface area contributed by atoms with Crippen molar-refractivity contribution in [2.24, 2.45) is 0 Å². The lowest BCUT2D eigenvalue weighted by atomic mass is 10.2. The summed E-state index contributed by atoms with van der Waals surface area (Å²) >= 11 is 0. The fraction of sp³-hybridized carbons (Fsp3) is 0.600. The van der Waals surface area contributed by atoms with E-state index < -0.39 is 48.3 Å². The fourth-order valence-electron chi connectivity index (χ4n) is 3.17. The van der Waals surface area contributed by atoms with Gasteiger partial charge in [-0.05, 0) is 18.1 Å². The molecule has 0 saturated carbocycles. The summed E-state index contributed by atoms with van der Waals surface area (Å²) in [6.45, 7) is 10.4. The lowest BCUT2D eigenvalue weighted by Gasteiger charge is -2.37. The molecular weight excluding hydrogens is 482 g/mol. The van der Waals surface area contributed by atoms with Crippen LogP contribution in [0.1, 0.15) is 39.0 Å². The van der Waals surface area contributed by atoms with Gasteiger partial charge in [-0.3, -0.25) is 14.3 Å². The van der Waals surface area contributed by atoms with Crippen LogP contribution in [0.2, 0.25) is 18.1 Å². The van der Waals surface area contributed by atoms with Gasteiger partial charge in [0, 0.05) is 30.6 Å². The number of nitrogens with zero attached hydrogens (tertiary/aromatic N) is 4. The Morgan fingerprint density at radius 2 is 2.06 bits per heavy atom. The molecule has 34 heavy (non-hydrogen) atoms. The molecule has 3 heterocycles. The summed E-state index contributed by atoms with van der Waals surface area (Å²) in [5, 5.41) is 8.86. The molecule has 14 heteroatoms. The number of nitriles is 1. The molecule has 1 fully saturated rings. The van der Waals surface area contributed by atoms with Gasteiger partial charge in [-0.2, -0.15) is 13.7 Å². The van der Waals surface area contributed by atoms with E-state index in [2.05, 4.69) is 43.8 Å². The molecule has 0 unspecified atom stereocenters. The second kappa shape index (κ2) is 9.59. The van der Waals surface area contributed by atoms with E-state index in [9.17, 15) is 18.0 Å². The number of H-pyrrole nitrogens is 1. The Morgan fingerprint density at radius 3 is 2.65 bits per heavy atom. The van der Waals surface area contributed by atoms with Crippen molar-refractivity contribution in [3.63, 3.8) is 0 Å². The zero-order chi connectivity index (χ0) is 25.3. The van der Waals surface area contributed by atoms with Gasteiger partial charge in [0.05, 0.1) is 19.1 Å². The smallest absolute Gasteiger partial charge is 0.367 e. The van der Waals surface area contributed by atoms with E-state index in [0.29, 0.717) is 0 Å². The third-order valence-electron chi connectivity index (χ3n) is 6.20. The molecule has 186 valence electrons. The maximum atomic E-state index is 12.7. The first-order valence-electron chi connectivity index (χ1n) is 10.7. The molecule has 3 atom stereocenters. The summed E-state index contributed by atoms with van der Waals surface area (Å²) in [5.41, 5.74) is -1.30. The number of nitrogens with one attached hydrogen (secondary N) is 1. The summed E-state index contributed by atoms with van der Waals surface area (Å²) in [6.07, 6.45) is 1.99. The minimum absolute atomic E-state index is 0.00258. The van der Waals surface area contributed by atoms with E-state index in [1.54, 1.807) is 0 Å². The van der Waals surface area contributed by atoms with Crippen LogP contribution in [0.15, 0.2) is 34.5 Å². The number of aromatic amines is 1. The van der Waals surface area contributed by atoms with Crippen molar-refractivity contribution < 1.29 is 21.8 Å². The van der Waals surface area contributed by atoms with Crippen molar-refractivity contribution in [2.45, 2.75) is 70.2 Å². The summed E-state index contributed by atoms with van der Waals surface area (Å²) in [6, 6.07) is 1.87. The molecule has 1 aliphatic heterocycles. The molecule has 2 aromatic heterocycles. The quantitative estimate of drug-likeness (QED) is 0.515. The Morgan fingerprint density at radius 1 is 1.35 bits per heavy atom. The molecule has 2 aromatic rings. The van der Waals surface area contributed by atoms with E-state index >= 15 is 0 Å². The van der Waals surface area contributed by atoms with Crippen LogP contribution >= 0.6 is 0 Å². The summed E-state index contributed by atoms with van der Waals surface area (Å²) < 4.78 is 45.1. The van der Waals surface area contributed by atoms with Gasteiger partial charge >= 0.3 is 16.0 Å². The first-order chi connectivity index (χ1) is 15.7. The van der Waals surface area contributed by atoms with Crippen molar-refractivity contribution >= 4 is 18.6 Å². The predicted octanol–water partition coefficient (Wildman–Crippen LogP) is 1.29. The molecule has 1 N–H and O–H groups in total. The molecule has 3 rings (SSSR count). The average Bonchev–Trinajstić information content (AvgIpc) is 3.38. The van der Waals surface area contributed by atoms with Crippen LogP contribution in [0.25, 0.3) is 0 Å². The highest BCUT2D eigenvalue weighted by molar-refractivity contribution is 7.85. The van der Waals surface area contributed by atoms with E-state index in [4.69, 9.17) is 18.6 Å². The Kier molecular flexibility index (Phi) is 7.34. The van der Waals surface area contributed by atoms with E-state index in [1.165, 1.54) is 18.6 Å². The first kappa shape index (κ1) is 26.0. The first-order valence-corrected chi connectivity index (χ1v) is 14.9. The Hall–Kier alpha value is -2.57. The predicted molar refractivity (Wildman–Crippen MR) is 124 cm³/mol. The van der Waals surface area contributed by atoms with Crippen LogP contribution in [0.3, 0.4) is 0 Å². The minimum Gasteiger partial charge on any atom is -0.414 e. The largest absolute Gasteiger partial charge is 0.414 e. The van der Waals surface area contributed by atoms with Gasteiger partial charge in [0.15, 0.2) is 8.32 Å². The van der Waals surface area contributed by atoms with Crippen molar-refractivity contribution in [3.8, 4) is 6.07 Å². The fourth-order valence-corrected chi connectivity index (χ4v) is 5.17. The number of hydrogen-bond donors (Lipinski definition) is 1. The van der Waals surface area contributed by atoms with E-state index in [-0.39, 0.29) is 30.1 Å². The lowest BCUT2D eigenvalue weighted by molar-refractivity contribution is -0.0390. The van der Waals surface area contributed by atoms with Crippen molar-refractivity contribution in [1.29, 1.82) is 5.26 Å². The number of imidazole rings is 1. The van der Waals surface area contributed by atoms with E-state index in [1.807, 2.05) is 6.07 Å². The normalized spacial score (nSPS) is 21.5. The van der Waals surface area contributed by atoms with Gasteiger partial charge in [-0.1, -0.05) is 20.8 Å². The highest BCUT2D eigenvalue weighted by atomic mass is 32.2. The standard InChI is InChI=1S/C20H29N5O7SSi/c1-20(2,3)34(4,5)30-12-16-15(32-33(28,29)24-9-8-22-13-24)10-17(31-16)25-11-14(6-7-21)18(26)23-19(25)27/h8-9,11,13,15-17H,6,10,12H2,1-5H3,(H,23,26,27)/t15-,16+,17+/m0/s1. The van der Waals surface area contributed by atoms with Gasteiger partial charge in [0.25, 0.3) is 5.56 Å². The molecule has 1 saturated heterocycles. The molecule has 0 amide bonds. The van der Waals surface area contributed by atoms with Crippen LogP contribution in [0.4, 0.5) is 0 Å². The monoisotopic (exact) mass is 511 g/mol. The number of rotatable bonds is 8. The molecule has 0 bridgehead atoms. The van der Waals surface area contributed by atoms with Gasteiger partial charge < -0.3 is 9.16 Å². The van der Waals surface area contributed by atoms with Crippen LogP contribution in [-0.4, -0.2) is 54.1 Å². The van der Waals surface area contributed by atoms with Crippen LogP contribution < -0.4 is 11.2 Å². The maximum absolute atomic E-state index is 12.7. The minimum atomic E-state index is -4.21. The average molecular weight is 512 g/mol. The third kappa shape index (κ3) is 5.56. The molecule has 0 radical (unpaired) electrons.